The van der Waals surface area contributed by atoms with Crippen LogP contribution in [0.2, 0.25) is 0 Å². The van der Waals surface area contributed by atoms with Crippen molar-refractivity contribution in [1.82, 2.24) is 9.78 Å². The zero-order chi connectivity index (χ0) is 18.0. The molecule has 0 radical (unpaired) electrons. The van der Waals surface area contributed by atoms with E-state index in [4.69, 9.17) is 0 Å². The summed E-state index contributed by atoms with van der Waals surface area (Å²) in [6.45, 7) is 0.166. The van der Waals surface area contributed by atoms with Crippen LogP contribution in [0.3, 0.4) is 0 Å². The van der Waals surface area contributed by atoms with Gasteiger partial charge < -0.3 is 5.32 Å². The Kier molecular flexibility index (Phi) is 4.42. The van der Waals surface area contributed by atoms with Gasteiger partial charge in [0.2, 0.25) is 0 Å². The second-order valence-electron chi connectivity index (χ2n) is 5.50. The topological polar surface area (TPSA) is 73.0 Å². The highest BCUT2D eigenvalue weighted by atomic mass is 19.1. The van der Waals surface area contributed by atoms with Crippen LogP contribution < -0.4 is 5.32 Å². The lowest BCUT2D eigenvalue weighted by Gasteiger charge is -2.10. The average molecular weight is 344 g/mol. The number of anilines is 1. The van der Waals surface area contributed by atoms with Gasteiger partial charge >= 0.3 is 0 Å². The molecule has 0 saturated heterocycles. The van der Waals surface area contributed by atoms with Gasteiger partial charge in [0.25, 0.3) is 5.69 Å². The molecule has 25 heavy (non-hydrogen) atoms. The smallest absolute Gasteiger partial charge is 0.275 e. The first-order chi connectivity index (χ1) is 11.9. The molecule has 0 fully saturated rings. The molecule has 0 unspecified atom stereocenters. The summed E-state index contributed by atoms with van der Waals surface area (Å²) in [5.41, 5.74) is 1.64. The van der Waals surface area contributed by atoms with E-state index >= 15 is 0 Å². The Balaban J connectivity index is 1.79. The molecule has 0 bridgehead atoms. The van der Waals surface area contributed by atoms with E-state index in [0.717, 1.165) is 16.7 Å². The lowest BCUT2D eigenvalue weighted by atomic mass is 10.1. The van der Waals surface area contributed by atoms with E-state index in [1.165, 1.54) is 0 Å². The predicted molar refractivity (Wildman–Crippen MR) is 89.0 cm³/mol. The predicted octanol–water partition coefficient (Wildman–Crippen LogP) is 3.89. The first-order valence-corrected chi connectivity index (χ1v) is 7.39. The minimum atomic E-state index is -1.00. The minimum absolute atomic E-state index is 0.166. The van der Waals surface area contributed by atoms with Crippen molar-refractivity contribution in [3.05, 3.63) is 76.1 Å². The summed E-state index contributed by atoms with van der Waals surface area (Å²) in [6, 6.07) is 8.82. The number of benzene rings is 2. The van der Waals surface area contributed by atoms with Crippen molar-refractivity contribution >= 4 is 11.4 Å². The lowest BCUT2D eigenvalue weighted by Crippen LogP contribution is -2.05. The highest BCUT2D eigenvalue weighted by molar-refractivity contribution is 5.62. The van der Waals surface area contributed by atoms with Gasteiger partial charge in [0, 0.05) is 25.4 Å². The molecule has 6 nitrogen and oxygen atoms in total. The first kappa shape index (κ1) is 16.6. The minimum Gasteiger partial charge on any atom is -0.376 e. The molecule has 0 aliphatic rings. The highest BCUT2D eigenvalue weighted by Gasteiger charge is 2.16. The maximum Gasteiger partial charge on any atom is 0.275 e. The normalized spacial score (nSPS) is 10.7. The van der Waals surface area contributed by atoms with Crippen LogP contribution in [-0.2, 0) is 13.6 Å². The van der Waals surface area contributed by atoms with Crippen LogP contribution in [0.1, 0.15) is 5.56 Å². The molecule has 1 N–H and O–H groups in total. The third kappa shape index (κ3) is 3.63. The van der Waals surface area contributed by atoms with E-state index in [9.17, 15) is 18.9 Å². The fourth-order valence-corrected chi connectivity index (χ4v) is 2.46. The fraction of sp³-hybridized carbons (Fsp3) is 0.118. The summed E-state index contributed by atoms with van der Waals surface area (Å²) in [5.74, 6) is -2.01. The molecule has 0 aliphatic carbocycles. The van der Waals surface area contributed by atoms with Gasteiger partial charge in [0.05, 0.1) is 23.3 Å². The van der Waals surface area contributed by atoms with Gasteiger partial charge in [0.15, 0.2) is 11.6 Å². The van der Waals surface area contributed by atoms with Gasteiger partial charge in [-0.15, -0.1) is 0 Å². The molecule has 0 atom stereocenters. The van der Waals surface area contributed by atoms with Gasteiger partial charge in [0.1, 0.15) is 5.69 Å². The number of nitrogens with zero attached hydrogens (tertiary/aromatic N) is 3. The van der Waals surface area contributed by atoms with Gasteiger partial charge in [-0.2, -0.15) is 5.10 Å². The first-order valence-electron chi connectivity index (χ1n) is 7.39. The number of aryl methyl sites for hydroxylation is 1. The number of nitrogens with one attached hydrogen (secondary N) is 1. The molecule has 3 aromatic rings. The maximum absolute atomic E-state index is 13.9. The van der Waals surface area contributed by atoms with Crippen LogP contribution in [0.25, 0.3) is 11.1 Å². The summed E-state index contributed by atoms with van der Waals surface area (Å²) in [4.78, 5) is 9.77. The fourth-order valence-electron chi connectivity index (χ4n) is 2.46. The SMILES string of the molecule is Cn1cc(-c2cccc(CNc3c(F)cc([N+](=O)[O-])cc3F)c2)cn1. The summed E-state index contributed by atoms with van der Waals surface area (Å²) in [6.07, 6.45) is 3.59. The molecule has 1 aromatic heterocycles. The van der Waals surface area contributed by atoms with E-state index in [1.807, 2.05) is 37.5 Å². The second-order valence-corrected chi connectivity index (χ2v) is 5.50. The van der Waals surface area contributed by atoms with Crippen molar-refractivity contribution in [3.8, 4) is 11.1 Å². The van der Waals surface area contributed by atoms with E-state index < -0.39 is 27.9 Å². The quantitative estimate of drug-likeness (QED) is 0.563. The van der Waals surface area contributed by atoms with Crippen molar-refractivity contribution in [2.75, 3.05) is 5.32 Å². The van der Waals surface area contributed by atoms with Crippen LogP contribution >= 0.6 is 0 Å². The number of hydrogen-bond acceptors (Lipinski definition) is 4. The Hall–Kier alpha value is -3.29. The molecule has 8 heteroatoms. The largest absolute Gasteiger partial charge is 0.376 e. The van der Waals surface area contributed by atoms with E-state index in [1.54, 1.807) is 10.9 Å². The van der Waals surface area contributed by atoms with Crippen molar-refractivity contribution in [3.63, 3.8) is 0 Å². The maximum atomic E-state index is 13.9. The number of rotatable bonds is 5. The molecular formula is C17H14F2N4O2. The number of halogens is 2. The van der Waals surface area contributed by atoms with E-state index in [2.05, 4.69) is 10.4 Å². The van der Waals surface area contributed by atoms with Crippen LogP contribution in [0.4, 0.5) is 20.2 Å². The molecule has 2 aromatic carbocycles. The average Bonchev–Trinajstić information content (AvgIpc) is 3.00. The van der Waals surface area contributed by atoms with Gasteiger partial charge in [-0.25, -0.2) is 8.78 Å². The summed E-state index contributed by atoms with van der Waals surface area (Å²) in [5, 5.41) is 17.4. The molecular weight excluding hydrogens is 330 g/mol. The van der Waals surface area contributed by atoms with E-state index in [0.29, 0.717) is 12.1 Å². The summed E-state index contributed by atoms with van der Waals surface area (Å²) < 4.78 is 29.5. The zero-order valence-corrected chi connectivity index (χ0v) is 13.2. The van der Waals surface area contributed by atoms with Crippen LogP contribution in [0.5, 0.6) is 0 Å². The molecule has 0 aliphatic heterocycles. The number of nitro groups is 1. The Morgan fingerprint density at radius 1 is 1.20 bits per heavy atom. The standard InChI is InChI=1S/C17H14F2N4O2/c1-22-10-13(9-21-22)12-4-2-3-11(5-12)8-20-17-15(18)6-14(23(24)25)7-16(17)19/h2-7,9-10,20H,8H2,1H3. The number of aromatic nitrogens is 2. The Bertz CT molecular complexity index is 917. The van der Waals surface area contributed by atoms with Gasteiger partial charge in [-0.1, -0.05) is 18.2 Å². The Morgan fingerprint density at radius 3 is 2.52 bits per heavy atom. The lowest BCUT2D eigenvalue weighted by molar-refractivity contribution is -0.385. The monoisotopic (exact) mass is 344 g/mol. The number of non-ortho nitro benzene ring substituents is 1. The molecule has 0 amide bonds. The molecule has 128 valence electrons. The molecule has 0 spiro atoms. The Labute approximate surface area is 141 Å². The van der Waals surface area contributed by atoms with Gasteiger partial charge in [-0.3, -0.25) is 14.8 Å². The van der Waals surface area contributed by atoms with Crippen molar-refractivity contribution in [2.24, 2.45) is 7.05 Å². The van der Waals surface area contributed by atoms with Crippen LogP contribution in [0.15, 0.2) is 48.8 Å². The van der Waals surface area contributed by atoms with Crippen LogP contribution in [-0.4, -0.2) is 14.7 Å². The van der Waals surface area contributed by atoms with Crippen LogP contribution in [0, 0.1) is 21.7 Å². The van der Waals surface area contributed by atoms with Crippen molar-refractivity contribution in [1.29, 1.82) is 0 Å². The zero-order valence-electron chi connectivity index (χ0n) is 13.2. The number of nitro benzene ring substituents is 1. The summed E-state index contributed by atoms with van der Waals surface area (Å²) >= 11 is 0. The molecule has 0 saturated carbocycles. The highest BCUT2D eigenvalue weighted by Crippen LogP contribution is 2.26. The number of hydrogen-bond donors (Lipinski definition) is 1. The molecule has 3 rings (SSSR count). The van der Waals surface area contributed by atoms with Gasteiger partial charge in [-0.05, 0) is 17.2 Å². The third-order valence-corrected chi connectivity index (χ3v) is 3.67. The van der Waals surface area contributed by atoms with Crippen molar-refractivity contribution in [2.45, 2.75) is 6.54 Å². The Morgan fingerprint density at radius 2 is 1.92 bits per heavy atom. The second kappa shape index (κ2) is 6.68. The molecule has 1 heterocycles. The van der Waals surface area contributed by atoms with E-state index in [-0.39, 0.29) is 6.54 Å². The summed E-state index contributed by atoms with van der Waals surface area (Å²) in [7, 11) is 1.81. The third-order valence-electron chi connectivity index (χ3n) is 3.67. The van der Waals surface area contributed by atoms with Crippen molar-refractivity contribution < 1.29 is 13.7 Å².